The zero-order valence-electron chi connectivity index (χ0n) is 42.7. The van der Waals surface area contributed by atoms with E-state index in [9.17, 15) is 14.4 Å². The van der Waals surface area contributed by atoms with Gasteiger partial charge in [0, 0.05) is 19.3 Å². The number of ether oxygens (including phenoxy) is 3. The molecule has 0 aliphatic heterocycles. The van der Waals surface area contributed by atoms with Crippen molar-refractivity contribution >= 4 is 17.9 Å². The van der Waals surface area contributed by atoms with E-state index in [2.05, 4.69) is 93.7 Å². The fraction of sp³-hybridized carbons (Fsp3) is 0.746. The lowest BCUT2D eigenvalue weighted by molar-refractivity contribution is -0.167. The summed E-state index contributed by atoms with van der Waals surface area (Å²) in [5, 5.41) is 0. The molecule has 0 unspecified atom stereocenters. The first kappa shape index (κ1) is 61.9. The van der Waals surface area contributed by atoms with Crippen molar-refractivity contribution < 1.29 is 28.6 Å². The molecule has 0 saturated carbocycles. The van der Waals surface area contributed by atoms with Crippen LogP contribution in [0, 0.1) is 0 Å². The minimum Gasteiger partial charge on any atom is -0.462 e. The third-order valence-corrected chi connectivity index (χ3v) is 11.7. The highest BCUT2D eigenvalue weighted by Gasteiger charge is 2.19. The molecule has 0 aliphatic rings. The third kappa shape index (κ3) is 51.7. The van der Waals surface area contributed by atoms with Crippen LogP contribution in [0.5, 0.6) is 0 Å². The van der Waals surface area contributed by atoms with Gasteiger partial charge in [0.1, 0.15) is 13.2 Å². The SMILES string of the molecule is CCCC/C=C\CCCCCCCC(=O)OC[C@H](COC(=O)CCCCC/C=C\C/C=C\C/C=C\C/C=C\CCCCC)OC(=O)CCCCCCCCC/C=C\CCCCCCCC. The Morgan fingerprint density at radius 3 is 0.969 bits per heavy atom. The van der Waals surface area contributed by atoms with Crippen molar-refractivity contribution in [3.05, 3.63) is 72.9 Å². The highest BCUT2D eigenvalue weighted by molar-refractivity contribution is 5.71. The van der Waals surface area contributed by atoms with Gasteiger partial charge >= 0.3 is 17.9 Å². The third-order valence-electron chi connectivity index (χ3n) is 11.7. The number of esters is 3. The minimum atomic E-state index is -0.793. The summed E-state index contributed by atoms with van der Waals surface area (Å²) < 4.78 is 16.8. The summed E-state index contributed by atoms with van der Waals surface area (Å²) in [6, 6.07) is 0. The summed E-state index contributed by atoms with van der Waals surface area (Å²) in [7, 11) is 0. The molecular formula is C59H102O6. The second-order valence-electron chi connectivity index (χ2n) is 18.1. The van der Waals surface area contributed by atoms with Crippen LogP contribution in [-0.2, 0) is 28.6 Å². The molecular weight excluding hydrogens is 805 g/mol. The Labute approximate surface area is 402 Å². The molecule has 0 saturated heterocycles. The van der Waals surface area contributed by atoms with Crippen LogP contribution >= 0.6 is 0 Å². The van der Waals surface area contributed by atoms with E-state index in [0.717, 1.165) is 89.9 Å². The highest BCUT2D eigenvalue weighted by atomic mass is 16.6. The second kappa shape index (κ2) is 53.5. The molecule has 0 aromatic rings. The fourth-order valence-corrected chi connectivity index (χ4v) is 7.46. The van der Waals surface area contributed by atoms with Crippen molar-refractivity contribution in [2.24, 2.45) is 0 Å². The Bertz CT molecular complexity index is 1230. The molecule has 65 heavy (non-hydrogen) atoms. The van der Waals surface area contributed by atoms with Crippen LogP contribution < -0.4 is 0 Å². The summed E-state index contributed by atoms with van der Waals surface area (Å²) in [4.78, 5) is 38.0. The van der Waals surface area contributed by atoms with Gasteiger partial charge in [0.15, 0.2) is 6.10 Å². The van der Waals surface area contributed by atoms with Gasteiger partial charge in [0.25, 0.3) is 0 Å². The summed E-state index contributed by atoms with van der Waals surface area (Å²) in [6.45, 7) is 6.54. The zero-order valence-corrected chi connectivity index (χ0v) is 42.7. The summed E-state index contributed by atoms with van der Waals surface area (Å²) in [5.74, 6) is -0.933. The van der Waals surface area contributed by atoms with Crippen LogP contribution in [0.4, 0.5) is 0 Å². The van der Waals surface area contributed by atoms with Gasteiger partial charge in [0.05, 0.1) is 0 Å². The number of carbonyl (C=O) groups is 3. The van der Waals surface area contributed by atoms with Crippen molar-refractivity contribution in [3.8, 4) is 0 Å². The number of rotatable bonds is 49. The first-order chi connectivity index (χ1) is 32.0. The Balaban J connectivity index is 4.42. The maximum absolute atomic E-state index is 12.8. The molecule has 6 heteroatoms. The predicted molar refractivity (Wildman–Crippen MR) is 279 cm³/mol. The quantitative estimate of drug-likeness (QED) is 0.0262. The molecule has 0 rings (SSSR count). The molecule has 0 heterocycles. The average molecular weight is 907 g/mol. The van der Waals surface area contributed by atoms with Crippen LogP contribution in [0.25, 0.3) is 0 Å². The van der Waals surface area contributed by atoms with E-state index in [0.29, 0.717) is 19.3 Å². The first-order valence-electron chi connectivity index (χ1n) is 27.4. The van der Waals surface area contributed by atoms with Crippen molar-refractivity contribution in [1.82, 2.24) is 0 Å². The Kier molecular flexibility index (Phi) is 50.9. The summed E-state index contributed by atoms with van der Waals surface area (Å²) >= 11 is 0. The van der Waals surface area contributed by atoms with Gasteiger partial charge in [-0.25, -0.2) is 0 Å². The fourth-order valence-electron chi connectivity index (χ4n) is 7.46. The number of allylic oxidation sites excluding steroid dienone is 12. The number of hydrogen-bond acceptors (Lipinski definition) is 6. The van der Waals surface area contributed by atoms with Crippen molar-refractivity contribution in [1.29, 1.82) is 0 Å². The largest absolute Gasteiger partial charge is 0.462 e. The van der Waals surface area contributed by atoms with Gasteiger partial charge in [-0.15, -0.1) is 0 Å². The van der Waals surface area contributed by atoms with E-state index in [1.807, 2.05) is 0 Å². The van der Waals surface area contributed by atoms with Crippen LogP contribution in [0.2, 0.25) is 0 Å². The minimum absolute atomic E-state index is 0.0917. The average Bonchev–Trinajstić information content (AvgIpc) is 3.30. The van der Waals surface area contributed by atoms with Crippen molar-refractivity contribution in [2.45, 2.75) is 271 Å². The molecule has 0 aliphatic carbocycles. The number of hydrogen-bond donors (Lipinski definition) is 0. The molecule has 0 aromatic heterocycles. The molecule has 0 spiro atoms. The van der Waals surface area contributed by atoms with Gasteiger partial charge in [0.2, 0.25) is 0 Å². The molecule has 0 radical (unpaired) electrons. The van der Waals surface area contributed by atoms with Crippen molar-refractivity contribution in [3.63, 3.8) is 0 Å². The maximum Gasteiger partial charge on any atom is 0.306 e. The lowest BCUT2D eigenvalue weighted by Crippen LogP contribution is -2.30. The standard InChI is InChI=1S/C59H102O6/c1-4-7-10-13-16-19-22-24-26-28-29-31-32-34-37-40-43-46-49-52-58(61)64-55-56(54-63-57(60)51-48-45-42-39-36-21-18-15-12-9-6-3)65-59(62)53-50-47-44-41-38-35-33-30-27-25-23-20-17-14-11-8-5-2/h15-16,18-19,24-27,29,31,34,37,56H,4-14,17,20-23,28,30,32-33,35-36,38-55H2,1-3H3/b18-15-,19-16-,26-24-,27-25-,31-29-,37-34-/t56-/m1/s1. The Morgan fingerprint density at radius 2 is 0.569 bits per heavy atom. The van der Waals surface area contributed by atoms with E-state index < -0.39 is 6.10 Å². The van der Waals surface area contributed by atoms with Gasteiger partial charge in [-0.1, -0.05) is 209 Å². The maximum atomic E-state index is 12.8. The van der Waals surface area contributed by atoms with E-state index in [1.54, 1.807) is 0 Å². The molecule has 1 atom stereocenters. The Morgan fingerprint density at radius 1 is 0.308 bits per heavy atom. The van der Waals surface area contributed by atoms with E-state index in [-0.39, 0.29) is 31.1 Å². The Hall–Kier alpha value is -3.15. The van der Waals surface area contributed by atoms with Gasteiger partial charge in [-0.3, -0.25) is 14.4 Å². The molecule has 0 aromatic carbocycles. The normalized spacial score (nSPS) is 12.6. The van der Waals surface area contributed by atoms with Crippen LogP contribution in [0.15, 0.2) is 72.9 Å². The number of unbranched alkanes of at least 4 members (excludes halogenated alkanes) is 26. The lowest BCUT2D eigenvalue weighted by atomic mass is 10.1. The monoisotopic (exact) mass is 907 g/mol. The molecule has 0 bridgehead atoms. The van der Waals surface area contributed by atoms with Gasteiger partial charge in [-0.05, 0) is 109 Å². The molecule has 374 valence electrons. The molecule has 0 N–H and O–H groups in total. The van der Waals surface area contributed by atoms with Crippen LogP contribution in [-0.4, -0.2) is 37.2 Å². The van der Waals surface area contributed by atoms with E-state index in [1.165, 1.54) is 135 Å². The summed E-state index contributed by atoms with van der Waals surface area (Å²) in [5.41, 5.74) is 0. The molecule has 6 nitrogen and oxygen atoms in total. The molecule has 0 fully saturated rings. The van der Waals surface area contributed by atoms with Gasteiger partial charge < -0.3 is 14.2 Å². The predicted octanol–water partition coefficient (Wildman–Crippen LogP) is 18.2. The van der Waals surface area contributed by atoms with Gasteiger partial charge in [-0.2, -0.15) is 0 Å². The molecule has 0 amide bonds. The number of carbonyl (C=O) groups excluding carboxylic acids is 3. The first-order valence-corrected chi connectivity index (χ1v) is 27.4. The van der Waals surface area contributed by atoms with E-state index >= 15 is 0 Å². The van der Waals surface area contributed by atoms with E-state index in [4.69, 9.17) is 14.2 Å². The van der Waals surface area contributed by atoms with Crippen LogP contribution in [0.1, 0.15) is 265 Å². The van der Waals surface area contributed by atoms with Crippen LogP contribution in [0.3, 0.4) is 0 Å². The summed E-state index contributed by atoms with van der Waals surface area (Å²) in [6.07, 6.45) is 67.4. The van der Waals surface area contributed by atoms with Crippen molar-refractivity contribution in [2.75, 3.05) is 13.2 Å². The lowest BCUT2D eigenvalue weighted by Gasteiger charge is -2.18. The topological polar surface area (TPSA) is 78.9 Å². The highest BCUT2D eigenvalue weighted by Crippen LogP contribution is 2.14. The second-order valence-corrected chi connectivity index (χ2v) is 18.1. The smallest absolute Gasteiger partial charge is 0.306 e. The zero-order chi connectivity index (χ0) is 47.2.